The van der Waals surface area contributed by atoms with Crippen LogP contribution in [0.2, 0.25) is 4.34 Å². The number of carbonyl (C=O) groups is 1. The number of halogens is 1. The standard InChI is InChI=1S/C16H15ClN2O5S3/c1-23-8-7-19-11-4-3-10(15(20)24-2)9-12(11)25-16(19)18-27(21,22)14-6-5-13(17)26-14/h3-6,9H,7-8H2,1-2H3/b18-16-. The molecule has 11 heteroatoms. The van der Waals surface area contributed by atoms with Gasteiger partial charge in [0.2, 0.25) is 4.80 Å². The molecule has 2 heterocycles. The van der Waals surface area contributed by atoms with Gasteiger partial charge in [-0.05, 0) is 30.3 Å². The van der Waals surface area contributed by atoms with E-state index in [0.717, 1.165) is 16.9 Å². The molecule has 27 heavy (non-hydrogen) atoms. The first-order valence-corrected chi connectivity index (χ1v) is 11.1. The fourth-order valence-corrected chi connectivity index (χ4v) is 6.13. The first-order chi connectivity index (χ1) is 12.9. The van der Waals surface area contributed by atoms with Crippen LogP contribution in [-0.2, 0) is 26.0 Å². The minimum absolute atomic E-state index is 0.0681. The van der Waals surface area contributed by atoms with Gasteiger partial charge in [0.15, 0.2) is 0 Å². The van der Waals surface area contributed by atoms with Crippen molar-refractivity contribution in [3.05, 3.63) is 45.0 Å². The van der Waals surface area contributed by atoms with Gasteiger partial charge in [-0.25, -0.2) is 4.79 Å². The van der Waals surface area contributed by atoms with Crippen molar-refractivity contribution in [1.29, 1.82) is 0 Å². The number of nitrogens with zero attached hydrogens (tertiary/aromatic N) is 2. The molecular formula is C16H15ClN2O5S3. The van der Waals surface area contributed by atoms with Crippen molar-refractivity contribution in [2.75, 3.05) is 20.8 Å². The maximum absolute atomic E-state index is 12.6. The van der Waals surface area contributed by atoms with Crippen LogP contribution in [0.15, 0.2) is 38.9 Å². The number of carbonyl (C=O) groups excluding carboxylic acids is 1. The Kier molecular flexibility index (Phi) is 6.02. The number of thiazole rings is 1. The van der Waals surface area contributed by atoms with Crippen LogP contribution in [0.3, 0.4) is 0 Å². The van der Waals surface area contributed by atoms with Crippen LogP contribution in [0.1, 0.15) is 10.4 Å². The van der Waals surface area contributed by atoms with Gasteiger partial charge in [0, 0.05) is 13.7 Å². The van der Waals surface area contributed by atoms with E-state index in [2.05, 4.69) is 4.40 Å². The van der Waals surface area contributed by atoms with Gasteiger partial charge in [-0.3, -0.25) is 0 Å². The van der Waals surface area contributed by atoms with E-state index >= 15 is 0 Å². The highest BCUT2D eigenvalue weighted by molar-refractivity contribution is 7.92. The van der Waals surface area contributed by atoms with Crippen molar-refractivity contribution in [2.45, 2.75) is 10.8 Å². The number of benzene rings is 1. The van der Waals surface area contributed by atoms with Gasteiger partial charge in [-0.2, -0.15) is 8.42 Å². The minimum Gasteiger partial charge on any atom is -0.465 e. The molecule has 0 amide bonds. The molecule has 0 bridgehead atoms. The molecule has 0 unspecified atom stereocenters. The molecule has 0 aliphatic rings. The largest absolute Gasteiger partial charge is 0.465 e. The second-order valence-corrected chi connectivity index (χ2v) is 9.88. The third-order valence-corrected chi connectivity index (χ3v) is 7.75. The lowest BCUT2D eigenvalue weighted by atomic mass is 10.2. The molecule has 0 radical (unpaired) electrons. The number of fused-ring (bicyclic) bond motifs is 1. The number of rotatable bonds is 6. The quantitative estimate of drug-likeness (QED) is 0.543. The van der Waals surface area contributed by atoms with Crippen LogP contribution >= 0.6 is 34.3 Å². The van der Waals surface area contributed by atoms with Gasteiger partial charge >= 0.3 is 5.97 Å². The van der Waals surface area contributed by atoms with Crippen LogP contribution < -0.4 is 4.80 Å². The summed E-state index contributed by atoms with van der Waals surface area (Å²) in [6.07, 6.45) is 0. The second kappa shape index (κ2) is 8.11. The zero-order valence-corrected chi connectivity index (χ0v) is 17.5. The van der Waals surface area contributed by atoms with Gasteiger partial charge in [-0.1, -0.05) is 22.9 Å². The average Bonchev–Trinajstić information content (AvgIpc) is 3.22. The molecule has 144 valence electrons. The molecular weight excluding hydrogens is 432 g/mol. The van der Waals surface area contributed by atoms with E-state index in [1.54, 1.807) is 29.9 Å². The highest BCUT2D eigenvalue weighted by Crippen LogP contribution is 2.27. The van der Waals surface area contributed by atoms with E-state index in [-0.39, 0.29) is 9.01 Å². The minimum atomic E-state index is -3.90. The molecule has 1 aromatic carbocycles. The third kappa shape index (κ3) is 4.25. The van der Waals surface area contributed by atoms with E-state index in [1.807, 2.05) is 0 Å². The van der Waals surface area contributed by atoms with E-state index in [9.17, 15) is 13.2 Å². The highest BCUT2D eigenvalue weighted by Gasteiger charge is 2.18. The summed E-state index contributed by atoms with van der Waals surface area (Å²) in [5.74, 6) is -0.465. The summed E-state index contributed by atoms with van der Waals surface area (Å²) in [6.45, 7) is 0.788. The average molecular weight is 447 g/mol. The van der Waals surface area contributed by atoms with Crippen molar-refractivity contribution >= 4 is 60.5 Å². The molecule has 0 spiro atoms. The maximum Gasteiger partial charge on any atom is 0.337 e. The summed E-state index contributed by atoms with van der Waals surface area (Å²) in [5, 5.41) is 0. The Morgan fingerprint density at radius 3 is 2.63 bits per heavy atom. The summed E-state index contributed by atoms with van der Waals surface area (Å²) in [6, 6.07) is 7.96. The van der Waals surface area contributed by atoms with Gasteiger partial charge in [0.25, 0.3) is 10.0 Å². The molecule has 3 aromatic rings. The SMILES string of the molecule is COCCn1/c(=N/S(=O)(=O)c2ccc(Cl)s2)sc2cc(C(=O)OC)ccc21. The van der Waals surface area contributed by atoms with Gasteiger partial charge in [0.05, 0.1) is 33.8 Å². The number of esters is 1. The highest BCUT2D eigenvalue weighted by atomic mass is 35.5. The van der Waals surface area contributed by atoms with Crippen molar-refractivity contribution in [3.63, 3.8) is 0 Å². The van der Waals surface area contributed by atoms with E-state index in [4.69, 9.17) is 21.1 Å². The third-order valence-electron chi connectivity index (χ3n) is 3.62. The van der Waals surface area contributed by atoms with E-state index in [0.29, 0.717) is 27.8 Å². The predicted molar refractivity (Wildman–Crippen MR) is 105 cm³/mol. The smallest absolute Gasteiger partial charge is 0.337 e. The Morgan fingerprint density at radius 1 is 1.22 bits per heavy atom. The monoisotopic (exact) mass is 446 g/mol. The molecule has 0 N–H and O–H groups in total. The molecule has 2 aromatic heterocycles. The van der Waals surface area contributed by atoms with Gasteiger partial charge in [0.1, 0.15) is 4.21 Å². The fourth-order valence-electron chi connectivity index (χ4n) is 2.37. The van der Waals surface area contributed by atoms with Gasteiger partial charge in [-0.15, -0.1) is 15.7 Å². The Morgan fingerprint density at radius 2 is 2.00 bits per heavy atom. The topological polar surface area (TPSA) is 87.0 Å². The molecule has 3 rings (SSSR count). The summed E-state index contributed by atoms with van der Waals surface area (Å²) in [5.41, 5.74) is 1.13. The molecule has 0 aliphatic heterocycles. The zero-order chi connectivity index (χ0) is 19.6. The van der Waals surface area contributed by atoms with E-state index in [1.165, 1.54) is 30.6 Å². The van der Waals surface area contributed by atoms with Crippen LogP contribution in [0.25, 0.3) is 10.2 Å². The van der Waals surface area contributed by atoms with Crippen molar-refractivity contribution in [3.8, 4) is 0 Å². The second-order valence-electron chi connectivity index (χ2n) is 5.33. The van der Waals surface area contributed by atoms with Crippen LogP contribution in [0, 0.1) is 0 Å². The Labute approximate surface area is 168 Å². The molecule has 0 saturated carbocycles. The van der Waals surface area contributed by atoms with Crippen LogP contribution in [0.5, 0.6) is 0 Å². The molecule has 7 nitrogen and oxygen atoms in total. The molecule has 0 atom stereocenters. The number of aromatic nitrogens is 1. The van der Waals surface area contributed by atoms with Crippen molar-refractivity contribution in [2.24, 2.45) is 4.40 Å². The molecule has 0 saturated heterocycles. The summed E-state index contributed by atoms with van der Waals surface area (Å²) in [4.78, 5) is 12.0. The Bertz CT molecular complexity index is 1160. The number of sulfonamides is 1. The van der Waals surface area contributed by atoms with Gasteiger partial charge < -0.3 is 14.0 Å². The number of hydrogen-bond donors (Lipinski definition) is 0. The van der Waals surface area contributed by atoms with Crippen LogP contribution in [-0.4, -0.2) is 39.8 Å². The number of methoxy groups -OCH3 is 2. The summed E-state index contributed by atoms with van der Waals surface area (Å²) < 4.78 is 42.0. The first kappa shape index (κ1) is 20.0. The molecule has 0 fully saturated rings. The predicted octanol–water partition coefficient (Wildman–Crippen LogP) is 3.14. The maximum atomic E-state index is 12.6. The van der Waals surface area contributed by atoms with E-state index < -0.39 is 16.0 Å². The summed E-state index contributed by atoms with van der Waals surface area (Å²) >= 11 is 7.96. The molecule has 0 aliphatic carbocycles. The first-order valence-electron chi connectivity index (χ1n) is 7.62. The Hall–Kier alpha value is -1.72. The lowest BCUT2D eigenvalue weighted by Crippen LogP contribution is -2.19. The van der Waals surface area contributed by atoms with Crippen LogP contribution in [0.4, 0.5) is 0 Å². The normalized spacial score (nSPS) is 12.6. The fraction of sp³-hybridized carbons (Fsp3) is 0.250. The van der Waals surface area contributed by atoms with Crippen molar-refractivity contribution in [1.82, 2.24) is 4.57 Å². The lowest BCUT2D eigenvalue weighted by molar-refractivity contribution is 0.0601. The zero-order valence-electron chi connectivity index (χ0n) is 14.3. The number of thiophene rings is 1. The Balaban J connectivity index is 2.19. The number of ether oxygens (including phenoxy) is 2. The van der Waals surface area contributed by atoms with Crippen molar-refractivity contribution < 1.29 is 22.7 Å². The lowest BCUT2D eigenvalue weighted by Gasteiger charge is -2.05. The summed E-state index contributed by atoms with van der Waals surface area (Å²) in [7, 11) is -1.04. The number of hydrogen-bond acceptors (Lipinski definition) is 7.